The molecule has 146 valence electrons. The fraction of sp³-hybridized carbons (Fsp3) is 0.150. The largest absolute Gasteiger partial charge is 0.497 e. The van der Waals surface area contributed by atoms with Gasteiger partial charge in [0.15, 0.2) is 0 Å². The molecule has 4 rings (SSSR count). The number of nitrogens with one attached hydrogen (secondary N) is 1. The molecule has 8 nitrogen and oxygen atoms in total. The van der Waals surface area contributed by atoms with Gasteiger partial charge in [-0.3, -0.25) is 19.3 Å². The lowest BCUT2D eigenvalue weighted by molar-refractivity contribution is -0.116. The number of anilines is 1. The molecule has 3 amide bonds. The minimum Gasteiger partial charge on any atom is -0.497 e. The van der Waals surface area contributed by atoms with Gasteiger partial charge in [-0.15, -0.1) is 10.2 Å². The average Bonchev–Trinajstić information content (AvgIpc) is 3.30. The van der Waals surface area contributed by atoms with E-state index in [9.17, 15) is 14.4 Å². The third kappa shape index (κ3) is 3.72. The van der Waals surface area contributed by atoms with E-state index in [1.807, 2.05) is 24.3 Å². The van der Waals surface area contributed by atoms with E-state index in [1.165, 1.54) is 11.3 Å². The first-order chi connectivity index (χ1) is 14.1. The Bertz CT molecular complexity index is 1060. The Balaban J connectivity index is 1.35. The van der Waals surface area contributed by atoms with Crippen LogP contribution in [-0.4, -0.2) is 46.5 Å². The summed E-state index contributed by atoms with van der Waals surface area (Å²) in [5.41, 5.74) is 1.59. The molecule has 0 spiro atoms. The van der Waals surface area contributed by atoms with Crippen molar-refractivity contribution in [1.29, 1.82) is 0 Å². The number of aromatic nitrogens is 2. The normalized spacial score (nSPS) is 12.8. The number of hydrogen-bond donors (Lipinski definition) is 1. The van der Waals surface area contributed by atoms with Crippen molar-refractivity contribution in [1.82, 2.24) is 15.1 Å². The van der Waals surface area contributed by atoms with Crippen molar-refractivity contribution in [2.75, 3.05) is 19.0 Å². The third-order valence-corrected chi connectivity index (χ3v) is 5.34. The van der Waals surface area contributed by atoms with Gasteiger partial charge in [0.25, 0.3) is 11.8 Å². The van der Waals surface area contributed by atoms with Gasteiger partial charge < -0.3 is 10.1 Å². The van der Waals surface area contributed by atoms with Crippen LogP contribution < -0.4 is 10.1 Å². The zero-order valence-corrected chi connectivity index (χ0v) is 16.2. The van der Waals surface area contributed by atoms with Crippen molar-refractivity contribution < 1.29 is 19.1 Å². The first-order valence-corrected chi connectivity index (χ1v) is 9.61. The number of carbonyl (C=O) groups excluding carboxylic acids is 3. The lowest BCUT2D eigenvalue weighted by atomic mass is 10.1. The summed E-state index contributed by atoms with van der Waals surface area (Å²) in [6.45, 7) is 0.00230. The SMILES string of the molecule is COc1ccc(-c2nnc(NC(=O)CCN3C(=O)c4ccccc4C3=O)s2)cc1. The Hall–Kier alpha value is -3.59. The standard InChI is InChI=1S/C20H16N4O4S/c1-28-13-8-6-12(7-9-13)17-22-23-20(29-17)21-16(25)10-11-24-18(26)14-4-2-3-5-15(14)19(24)27/h2-9H,10-11H2,1H3,(H,21,23,25). The molecule has 3 aromatic rings. The molecular formula is C20H16N4O4S. The molecule has 0 bridgehead atoms. The summed E-state index contributed by atoms with van der Waals surface area (Å²) >= 11 is 1.23. The Morgan fingerprint density at radius 1 is 1.03 bits per heavy atom. The summed E-state index contributed by atoms with van der Waals surface area (Å²) in [6, 6.07) is 14.0. The maximum atomic E-state index is 12.3. The van der Waals surface area contributed by atoms with Crippen LogP contribution in [0.15, 0.2) is 48.5 Å². The van der Waals surface area contributed by atoms with Crippen molar-refractivity contribution in [2.24, 2.45) is 0 Å². The van der Waals surface area contributed by atoms with Gasteiger partial charge in [0.05, 0.1) is 18.2 Å². The fourth-order valence-corrected chi connectivity index (χ4v) is 3.73. The first kappa shape index (κ1) is 18.8. The van der Waals surface area contributed by atoms with E-state index in [4.69, 9.17) is 4.74 Å². The van der Waals surface area contributed by atoms with Gasteiger partial charge in [-0.1, -0.05) is 23.5 Å². The highest BCUT2D eigenvalue weighted by atomic mass is 32.1. The van der Waals surface area contributed by atoms with Gasteiger partial charge in [-0.05, 0) is 36.4 Å². The molecule has 0 aliphatic carbocycles. The van der Waals surface area contributed by atoms with Crippen LogP contribution in [0.25, 0.3) is 10.6 Å². The number of amides is 3. The molecule has 2 heterocycles. The van der Waals surface area contributed by atoms with E-state index in [0.717, 1.165) is 16.2 Å². The number of imide groups is 1. The van der Waals surface area contributed by atoms with Gasteiger partial charge in [-0.2, -0.15) is 0 Å². The monoisotopic (exact) mass is 408 g/mol. The van der Waals surface area contributed by atoms with E-state index >= 15 is 0 Å². The van der Waals surface area contributed by atoms with Crippen LogP contribution in [-0.2, 0) is 4.79 Å². The quantitative estimate of drug-likeness (QED) is 0.630. The zero-order valence-electron chi connectivity index (χ0n) is 15.4. The van der Waals surface area contributed by atoms with Gasteiger partial charge in [0.2, 0.25) is 11.0 Å². The van der Waals surface area contributed by atoms with E-state index in [2.05, 4.69) is 15.5 Å². The lowest BCUT2D eigenvalue weighted by Crippen LogP contribution is -2.32. The number of hydrogen-bond acceptors (Lipinski definition) is 7. The van der Waals surface area contributed by atoms with Crippen molar-refractivity contribution in [3.05, 3.63) is 59.7 Å². The Morgan fingerprint density at radius 2 is 1.69 bits per heavy atom. The van der Waals surface area contributed by atoms with Crippen LogP contribution >= 0.6 is 11.3 Å². The first-order valence-electron chi connectivity index (χ1n) is 8.80. The predicted molar refractivity (Wildman–Crippen MR) is 107 cm³/mol. The number of rotatable bonds is 6. The highest BCUT2D eigenvalue weighted by molar-refractivity contribution is 7.18. The zero-order chi connectivity index (χ0) is 20.4. The van der Waals surface area contributed by atoms with Gasteiger partial charge in [0.1, 0.15) is 10.8 Å². The second-order valence-electron chi connectivity index (χ2n) is 6.25. The molecule has 1 aliphatic heterocycles. The molecule has 1 aliphatic rings. The van der Waals surface area contributed by atoms with Crippen LogP contribution in [0.1, 0.15) is 27.1 Å². The van der Waals surface area contributed by atoms with E-state index in [0.29, 0.717) is 21.3 Å². The van der Waals surface area contributed by atoms with Crippen molar-refractivity contribution in [2.45, 2.75) is 6.42 Å². The summed E-state index contributed by atoms with van der Waals surface area (Å²) < 4.78 is 5.13. The van der Waals surface area contributed by atoms with Crippen molar-refractivity contribution in [3.8, 4) is 16.3 Å². The minimum absolute atomic E-state index is 0.00230. The Kier molecular flexibility index (Phi) is 5.05. The molecular weight excluding hydrogens is 392 g/mol. The smallest absolute Gasteiger partial charge is 0.261 e. The Morgan fingerprint density at radius 3 is 2.31 bits per heavy atom. The molecule has 0 atom stereocenters. The van der Waals surface area contributed by atoms with Crippen LogP contribution in [0, 0.1) is 0 Å². The highest BCUT2D eigenvalue weighted by Gasteiger charge is 2.34. The summed E-state index contributed by atoms with van der Waals surface area (Å²) in [5.74, 6) is -0.369. The molecule has 9 heteroatoms. The number of ether oxygens (including phenoxy) is 1. The minimum atomic E-state index is -0.379. The van der Waals surface area contributed by atoms with E-state index in [1.54, 1.807) is 31.4 Å². The van der Waals surface area contributed by atoms with E-state index in [-0.39, 0.29) is 30.7 Å². The molecule has 0 radical (unpaired) electrons. The van der Waals surface area contributed by atoms with Crippen molar-refractivity contribution in [3.63, 3.8) is 0 Å². The summed E-state index contributed by atoms with van der Waals surface area (Å²) in [4.78, 5) is 38.0. The predicted octanol–water partition coefficient (Wildman–Crippen LogP) is 2.84. The molecule has 1 aromatic heterocycles. The van der Waals surface area contributed by atoms with Gasteiger partial charge in [0, 0.05) is 18.5 Å². The lowest BCUT2D eigenvalue weighted by Gasteiger charge is -2.12. The summed E-state index contributed by atoms with van der Waals surface area (Å²) in [5, 5.41) is 11.7. The van der Waals surface area contributed by atoms with Crippen LogP contribution in [0.5, 0.6) is 5.75 Å². The summed E-state index contributed by atoms with van der Waals surface area (Å²) in [7, 11) is 1.59. The average molecular weight is 408 g/mol. The topological polar surface area (TPSA) is 101 Å². The number of fused-ring (bicyclic) bond motifs is 1. The third-order valence-electron chi connectivity index (χ3n) is 4.45. The molecule has 0 saturated heterocycles. The fourth-order valence-electron chi connectivity index (χ4n) is 2.96. The highest BCUT2D eigenvalue weighted by Crippen LogP contribution is 2.28. The number of benzene rings is 2. The second-order valence-corrected chi connectivity index (χ2v) is 7.22. The van der Waals surface area contributed by atoms with Gasteiger partial charge >= 0.3 is 0 Å². The van der Waals surface area contributed by atoms with Gasteiger partial charge in [-0.25, -0.2) is 0 Å². The van der Waals surface area contributed by atoms with Crippen molar-refractivity contribution >= 4 is 34.2 Å². The maximum Gasteiger partial charge on any atom is 0.261 e. The molecule has 0 unspecified atom stereocenters. The van der Waals surface area contributed by atoms with Crippen LogP contribution in [0.3, 0.4) is 0 Å². The molecule has 29 heavy (non-hydrogen) atoms. The molecule has 2 aromatic carbocycles. The maximum absolute atomic E-state index is 12.3. The number of nitrogens with zero attached hydrogens (tertiary/aromatic N) is 3. The van der Waals surface area contributed by atoms with Crippen LogP contribution in [0.2, 0.25) is 0 Å². The van der Waals surface area contributed by atoms with E-state index < -0.39 is 0 Å². The second kappa shape index (κ2) is 7.80. The molecule has 0 fully saturated rings. The molecule has 0 saturated carbocycles. The molecule has 1 N–H and O–H groups in total. The Labute approximate surface area is 170 Å². The number of carbonyl (C=O) groups is 3. The summed E-state index contributed by atoms with van der Waals surface area (Å²) in [6.07, 6.45) is -0.0249. The van der Waals surface area contributed by atoms with Crippen LogP contribution in [0.4, 0.5) is 5.13 Å². The number of methoxy groups -OCH3 is 1.